The van der Waals surface area contributed by atoms with Gasteiger partial charge in [-0.3, -0.25) is 14.4 Å². The normalized spacial score (nSPS) is 21.0. The van der Waals surface area contributed by atoms with Crippen LogP contribution < -0.4 is 5.32 Å². The van der Waals surface area contributed by atoms with Crippen molar-refractivity contribution < 1.29 is 18.0 Å². The minimum absolute atomic E-state index is 0.0364. The van der Waals surface area contributed by atoms with Crippen LogP contribution >= 0.6 is 0 Å². The molecule has 230 valence electrons. The van der Waals surface area contributed by atoms with E-state index >= 15 is 0 Å². The van der Waals surface area contributed by atoms with E-state index in [-0.39, 0.29) is 30.0 Å². The molecule has 1 amide bonds. The molecule has 2 N–H and O–H groups in total. The van der Waals surface area contributed by atoms with Crippen molar-refractivity contribution in [3.05, 3.63) is 54.3 Å². The number of amides is 1. The smallest absolute Gasteiger partial charge is 0.346 e. The molecule has 15 heteroatoms. The van der Waals surface area contributed by atoms with Gasteiger partial charge in [-0.15, -0.1) is 0 Å². The van der Waals surface area contributed by atoms with Gasteiger partial charge >= 0.3 is 6.18 Å². The number of rotatable bonds is 8. The number of nitrogens with one attached hydrogen (secondary N) is 2. The van der Waals surface area contributed by atoms with Crippen LogP contribution in [0, 0.1) is 11.3 Å². The van der Waals surface area contributed by atoms with E-state index in [0.717, 1.165) is 22.3 Å². The quantitative estimate of drug-likeness (QED) is 0.308. The van der Waals surface area contributed by atoms with Gasteiger partial charge in [0.2, 0.25) is 5.82 Å². The summed E-state index contributed by atoms with van der Waals surface area (Å²) in [5, 5.41) is 18.2. The summed E-state index contributed by atoms with van der Waals surface area (Å²) < 4.78 is 42.4. The van der Waals surface area contributed by atoms with Crippen LogP contribution in [0.3, 0.4) is 0 Å². The maximum atomic E-state index is 13.5. The van der Waals surface area contributed by atoms with Gasteiger partial charge in [0.1, 0.15) is 17.7 Å². The molecule has 1 aliphatic heterocycles. The molecule has 0 spiro atoms. The lowest BCUT2D eigenvalue weighted by Crippen LogP contribution is -2.60. The van der Waals surface area contributed by atoms with Gasteiger partial charge in [-0.05, 0) is 25.0 Å². The minimum atomic E-state index is -4.76. The van der Waals surface area contributed by atoms with E-state index in [1.807, 2.05) is 37.0 Å². The molecular formula is C29H32F3N11O. The summed E-state index contributed by atoms with van der Waals surface area (Å²) in [4.78, 5) is 36.1. The Morgan fingerprint density at radius 1 is 1.20 bits per heavy atom. The standard InChI is InChI=1S/C29H32F3N11O/c1-18(2)35-15-20-11-23(40-27(39-20)29(30,31)32)26(44)42-9-7-41(8-10-42)21-12-28(13-21,4-5-33)43-16-19(14-38-43)24-22-3-6-34-25(22)37-17-36-24/h3,6,11,14,16-18,21,35H,4,7-10,12-13,15H2,1-2H3,(H,34,36,37)/t21-,28+. The van der Waals surface area contributed by atoms with E-state index < -0.39 is 23.4 Å². The highest BCUT2D eigenvalue weighted by atomic mass is 19.4. The Morgan fingerprint density at radius 2 is 1.98 bits per heavy atom. The molecule has 0 unspecified atom stereocenters. The fourth-order valence-corrected chi connectivity index (χ4v) is 6.03. The van der Waals surface area contributed by atoms with Crippen molar-refractivity contribution in [1.29, 1.82) is 5.26 Å². The molecule has 4 aromatic rings. The van der Waals surface area contributed by atoms with Crippen LogP contribution in [0.2, 0.25) is 0 Å². The van der Waals surface area contributed by atoms with Crippen LogP contribution in [0.4, 0.5) is 13.2 Å². The Balaban J connectivity index is 1.11. The second-order valence-corrected chi connectivity index (χ2v) is 11.7. The first kappa shape index (κ1) is 29.6. The van der Waals surface area contributed by atoms with Gasteiger partial charge in [0, 0.05) is 68.2 Å². The van der Waals surface area contributed by atoms with Crippen LogP contribution in [0.5, 0.6) is 0 Å². The molecule has 5 heterocycles. The number of nitriles is 1. The number of piperazine rings is 1. The van der Waals surface area contributed by atoms with E-state index in [9.17, 15) is 23.2 Å². The predicted octanol–water partition coefficient (Wildman–Crippen LogP) is 3.36. The summed E-state index contributed by atoms with van der Waals surface area (Å²) in [6, 6.07) is 5.80. The van der Waals surface area contributed by atoms with Gasteiger partial charge in [0.25, 0.3) is 5.91 Å². The SMILES string of the molecule is CC(C)NCc1cc(C(=O)N2CCN([C@H]3C[C@@](CC#N)(n4cc(-c5ncnc6[nH]ccc56)cn4)C3)CC2)nc(C(F)(F)F)n1. The average Bonchev–Trinajstić information content (AvgIpc) is 3.67. The number of hydrogen-bond acceptors (Lipinski definition) is 9. The van der Waals surface area contributed by atoms with Gasteiger partial charge in [0.15, 0.2) is 0 Å². The van der Waals surface area contributed by atoms with Gasteiger partial charge in [-0.1, -0.05) is 13.8 Å². The van der Waals surface area contributed by atoms with E-state index in [2.05, 4.69) is 46.3 Å². The average molecular weight is 608 g/mol. The Kier molecular flexibility index (Phi) is 7.80. The van der Waals surface area contributed by atoms with E-state index in [1.54, 1.807) is 11.1 Å². The number of aromatic nitrogens is 7. The lowest BCUT2D eigenvalue weighted by molar-refractivity contribution is -0.145. The number of hydrogen-bond donors (Lipinski definition) is 2. The predicted molar refractivity (Wildman–Crippen MR) is 153 cm³/mol. The molecule has 44 heavy (non-hydrogen) atoms. The fraction of sp³-hybridized carbons (Fsp3) is 0.483. The highest BCUT2D eigenvalue weighted by Crippen LogP contribution is 2.45. The summed E-state index contributed by atoms with van der Waals surface area (Å²) in [5.74, 6) is -1.86. The Bertz CT molecular complexity index is 1690. The van der Waals surface area contributed by atoms with Crippen LogP contribution in [-0.2, 0) is 18.3 Å². The molecule has 4 aromatic heterocycles. The zero-order valence-corrected chi connectivity index (χ0v) is 24.3. The molecular weight excluding hydrogens is 575 g/mol. The number of alkyl halides is 3. The zero-order chi connectivity index (χ0) is 31.1. The van der Waals surface area contributed by atoms with Crippen molar-refractivity contribution in [2.24, 2.45) is 0 Å². The molecule has 1 saturated heterocycles. The lowest BCUT2D eigenvalue weighted by atomic mass is 9.70. The van der Waals surface area contributed by atoms with Gasteiger partial charge < -0.3 is 15.2 Å². The van der Waals surface area contributed by atoms with Crippen LogP contribution in [-0.4, -0.2) is 88.7 Å². The second-order valence-electron chi connectivity index (χ2n) is 11.7. The van der Waals surface area contributed by atoms with Crippen molar-refractivity contribution in [1.82, 2.24) is 49.8 Å². The number of carbonyl (C=O) groups excluding carboxylic acids is 1. The molecule has 2 aliphatic rings. The molecule has 2 fully saturated rings. The van der Waals surface area contributed by atoms with Gasteiger partial charge in [-0.2, -0.15) is 23.5 Å². The molecule has 1 aliphatic carbocycles. The molecule has 0 atom stereocenters. The van der Waals surface area contributed by atoms with E-state index in [4.69, 9.17) is 0 Å². The Hall–Kier alpha value is -4.42. The summed E-state index contributed by atoms with van der Waals surface area (Å²) in [6.45, 7) is 5.68. The third kappa shape index (κ3) is 5.74. The molecule has 6 rings (SSSR count). The summed E-state index contributed by atoms with van der Waals surface area (Å²) in [5.41, 5.74) is 1.75. The lowest BCUT2D eigenvalue weighted by Gasteiger charge is -2.52. The second kappa shape index (κ2) is 11.6. The monoisotopic (exact) mass is 607 g/mol. The summed E-state index contributed by atoms with van der Waals surface area (Å²) in [7, 11) is 0. The topological polar surface area (TPSA) is 145 Å². The molecule has 0 aromatic carbocycles. The van der Waals surface area contributed by atoms with Crippen molar-refractivity contribution >= 4 is 16.9 Å². The van der Waals surface area contributed by atoms with Crippen molar-refractivity contribution in [2.75, 3.05) is 26.2 Å². The first-order valence-electron chi connectivity index (χ1n) is 14.5. The van der Waals surface area contributed by atoms with Crippen molar-refractivity contribution in [2.45, 2.75) is 63.5 Å². The number of aromatic amines is 1. The van der Waals surface area contributed by atoms with Crippen molar-refractivity contribution in [3.63, 3.8) is 0 Å². The highest BCUT2D eigenvalue weighted by Gasteiger charge is 2.49. The first-order chi connectivity index (χ1) is 21.1. The number of fused-ring (bicyclic) bond motifs is 1. The van der Waals surface area contributed by atoms with Gasteiger partial charge in [-0.25, -0.2) is 19.9 Å². The molecule has 0 bridgehead atoms. The third-order valence-corrected chi connectivity index (χ3v) is 8.40. The fourth-order valence-electron chi connectivity index (χ4n) is 6.03. The summed E-state index contributed by atoms with van der Waals surface area (Å²) in [6.07, 6.45) is 3.97. The maximum absolute atomic E-state index is 13.5. The highest BCUT2D eigenvalue weighted by molar-refractivity contribution is 5.92. The third-order valence-electron chi connectivity index (χ3n) is 8.40. The number of carbonyl (C=O) groups is 1. The first-order valence-corrected chi connectivity index (χ1v) is 14.5. The Morgan fingerprint density at radius 3 is 2.68 bits per heavy atom. The van der Waals surface area contributed by atoms with Crippen molar-refractivity contribution in [3.8, 4) is 17.3 Å². The van der Waals surface area contributed by atoms with Crippen LogP contribution in [0.15, 0.2) is 37.1 Å². The summed E-state index contributed by atoms with van der Waals surface area (Å²) >= 11 is 0. The van der Waals surface area contributed by atoms with Gasteiger partial charge in [0.05, 0.1) is 35.6 Å². The van der Waals surface area contributed by atoms with E-state index in [0.29, 0.717) is 45.4 Å². The van der Waals surface area contributed by atoms with Crippen LogP contribution in [0.1, 0.15) is 55.1 Å². The minimum Gasteiger partial charge on any atom is -0.346 e. The Labute approximate surface area is 251 Å². The zero-order valence-electron chi connectivity index (χ0n) is 24.3. The number of H-pyrrole nitrogens is 1. The largest absolute Gasteiger partial charge is 0.451 e. The maximum Gasteiger partial charge on any atom is 0.451 e. The van der Waals surface area contributed by atoms with Crippen LogP contribution in [0.25, 0.3) is 22.3 Å². The number of halogens is 3. The number of nitrogens with zero attached hydrogens (tertiary/aromatic N) is 9. The molecule has 0 radical (unpaired) electrons. The van der Waals surface area contributed by atoms with E-state index in [1.165, 1.54) is 12.4 Å². The molecule has 12 nitrogen and oxygen atoms in total. The molecule has 1 saturated carbocycles.